The monoisotopic (exact) mass is 357 g/mol. The van der Waals surface area contributed by atoms with Crippen LogP contribution in [0.25, 0.3) is 0 Å². The van der Waals surface area contributed by atoms with Crippen LogP contribution in [-0.4, -0.2) is 43.7 Å². The summed E-state index contributed by atoms with van der Waals surface area (Å²) in [6.07, 6.45) is 9.82. The van der Waals surface area contributed by atoms with Crippen molar-refractivity contribution in [2.45, 2.75) is 63.5 Å². The Labute approximate surface area is 143 Å². The number of rotatable bonds is 5. The lowest BCUT2D eigenvalue weighted by Gasteiger charge is -2.32. The first-order valence-corrected chi connectivity index (χ1v) is 11.4. The maximum atomic E-state index is 11.4. The number of hydrogen-bond acceptors (Lipinski definition) is 5. The van der Waals surface area contributed by atoms with Crippen LogP contribution in [0.4, 0.5) is 0 Å². The SMILES string of the molecule is CS(=O)(=O)N[C@@H]1CCCN(Cc2csc(C3CCCCC3)n2)C1. The minimum atomic E-state index is -3.12. The average molecular weight is 358 g/mol. The van der Waals surface area contributed by atoms with E-state index < -0.39 is 10.0 Å². The molecule has 1 aliphatic carbocycles. The highest BCUT2D eigenvalue weighted by atomic mass is 32.2. The van der Waals surface area contributed by atoms with E-state index in [0.29, 0.717) is 5.92 Å². The van der Waals surface area contributed by atoms with Crippen LogP contribution in [-0.2, 0) is 16.6 Å². The first-order chi connectivity index (χ1) is 11.0. The summed E-state index contributed by atoms with van der Waals surface area (Å²) in [7, 11) is -3.12. The zero-order valence-corrected chi connectivity index (χ0v) is 15.5. The summed E-state index contributed by atoms with van der Waals surface area (Å²) in [5.74, 6) is 0.670. The number of thiazole rings is 1. The van der Waals surface area contributed by atoms with Gasteiger partial charge in [-0.15, -0.1) is 11.3 Å². The number of hydrogen-bond donors (Lipinski definition) is 1. The van der Waals surface area contributed by atoms with Crippen molar-refractivity contribution in [2.75, 3.05) is 19.3 Å². The zero-order valence-electron chi connectivity index (χ0n) is 13.8. The van der Waals surface area contributed by atoms with Crippen molar-refractivity contribution < 1.29 is 8.42 Å². The molecule has 0 bridgehead atoms. The smallest absolute Gasteiger partial charge is 0.208 e. The molecule has 0 unspecified atom stereocenters. The van der Waals surface area contributed by atoms with E-state index in [9.17, 15) is 8.42 Å². The molecule has 0 spiro atoms. The summed E-state index contributed by atoms with van der Waals surface area (Å²) in [4.78, 5) is 7.19. The number of aromatic nitrogens is 1. The standard InChI is InChI=1S/C16H27N3O2S2/c1-23(20,21)18-14-8-5-9-19(10-14)11-15-12-22-16(17-15)13-6-3-2-4-7-13/h12-14,18H,2-11H2,1H3/t14-/m1/s1. The van der Waals surface area contributed by atoms with Gasteiger partial charge in [-0.3, -0.25) is 4.90 Å². The molecule has 2 fully saturated rings. The molecule has 1 saturated heterocycles. The molecule has 1 aromatic rings. The summed E-state index contributed by atoms with van der Waals surface area (Å²) in [5.41, 5.74) is 1.15. The predicted octanol–water partition coefficient (Wildman–Crippen LogP) is 2.70. The van der Waals surface area contributed by atoms with E-state index in [1.54, 1.807) is 11.3 Å². The highest BCUT2D eigenvalue weighted by Crippen LogP contribution is 2.34. The van der Waals surface area contributed by atoms with Crippen LogP contribution in [0.3, 0.4) is 0 Å². The fraction of sp³-hybridized carbons (Fsp3) is 0.812. The molecule has 5 nitrogen and oxygen atoms in total. The van der Waals surface area contributed by atoms with Gasteiger partial charge in [0.05, 0.1) is 17.0 Å². The second kappa shape index (κ2) is 7.59. The number of likely N-dealkylation sites (tertiary alicyclic amines) is 1. The number of piperidine rings is 1. The van der Waals surface area contributed by atoms with Crippen LogP contribution >= 0.6 is 11.3 Å². The second-order valence-corrected chi connectivity index (χ2v) is 9.65. The molecule has 0 radical (unpaired) electrons. The molecule has 0 amide bonds. The number of sulfonamides is 1. The Kier molecular flexibility index (Phi) is 5.72. The Morgan fingerprint density at radius 2 is 2.04 bits per heavy atom. The van der Waals surface area contributed by atoms with Crippen LogP contribution in [0, 0.1) is 0 Å². The first-order valence-electron chi connectivity index (χ1n) is 8.63. The molecule has 1 atom stereocenters. The third-order valence-electron chi connectivity index (χ3n) is 4.80. The Morgan fingerprint density at radius 3 is 2.78 bits per heavy atom. The molecule has 0 aromatic carbocycles. The van der Waals surface area contributed by atoms with Crippen LogP contribution in [0.1, 0.15) is 61.6 Å². The summed E-state index contributed by atoms with van der Waals surface area (Å²) in [5, 5.41) is 3.50. The van der Waals surface area contributed by atoms with Crippen LogP contribution < -0.4 is 4.72 Å². The maximum absolute atomic E-state index is 11.4. The van der Waals surface area contributed by atoms with Gasteiger partial charge in [0.2, 0.25) is 10.0 Å². The van der Waals surface area contributed by atoms with Crippen molar-refractivity contribution in [3.63, 3.8) is 0 Å². The van der Waals surface area contributed by atoms with E-state index in [-0.39, 0.29) is 6.04 Å². The van der Waals surface area contributed by atoms with Gasteiger partial charge in [-0.05, 0) is 32.2 Å². The summed E-state index contributed by atoms with van der Waals surface area (Å²) in [6, 6.07) is 0.0372. The van der Waals surface area contributed by atoms with Gasteiger partial charge >= 0.3 is 0 Å². The number of nitrogens with one attached hydrogen (secondary N) is 1. The van der Waals surface area contributed by atoms with E-state index in [4.69, 9.17) is 4.98 Å². The van der Waals surface area contributed by atoms with Crippen molar-refractivity contribution in [2.24, 2.45) is 0 Å². The molecule has 2 aliphatic rings. The molecule has 23 heavy (non-hydrogen) atoms. The molecule has 7 heteroatoms. The predicted molar refractivity (Wildman–Crippen MR) is 94.2 cm³/mol. The van der Waals surface area contributed by atoms with Crippen LogP contribution in [0.2, 0.25) is 0 Å². The molecule has 1 N–H and O–H groups in total. The van der Waals surface area contributed by atoms with Gasteiger partial charge in [0.25, 0.3) is 0 Å². The quantitative estimate of drug-likeness (QED) is 0.880. The van der Waals surface area contributed by atoms with Crippen molar-refractivity contribution in [3.8, 4) is 0 Å². The maximum Gasteiger partial charge on any atom is 0.208 e. The van der Waals surface area contributed by atoms with Gasteiger partial charge in [-0.25, -0.2) is 18.1 Å². The third kappa shape index (κ3) is 5.24. The molecule has 3 rings (SSSR count). The van der Waals surface area contributed by atoms with E-state index in [1.807, 2.05) is 0 Å². The topological polar surface area (TPSA) is 62.3 Å². The van der Waals surface area contributed by atoms with Gasteiger partial charge in [0.15, 0.2) is 0 Å². The molecule has 1 aliphatic heterocycles. The Bertz CT molecular complexity index is 609. The van der Waals surface area contributed by atoms with Gasteiger partial charge in [0, 0.05) is 30.4 Å². The minimum Gasteiger partial charge on any atom is -0.296 e. The van der Waals surface area contributed by atoms with E-state index in [1.165, 1.54) is 43.4 Å². The molecule has 2 heterocycles. The lowest BCUT2D eigenvalue weighted by atomic mass is 9.90. The molecule has 1 saturated carbocycles. The van der Waals surface area contributed by atoms with Crippen LogP contribution in [0.15, 0.2) is 5.38 Å². The van der Waals surface area contributed by atoms with Crippen molar-refractivity contribution in [1.29, 1.82) is 0 Å². The Hall–Kier alpha value is -0.500. The summed E-state index contributed by atoms with van der Waals surface area (Å²) >= 11 is 1.81. The average Bonchev–Trinajstić information content (AvgIpc) is 2.95. The van der Waals surface area contributed by atoms with Gasteiger partial charge in [-0.2, -0.15) is 0 Å². The molecule has 130 valence electrons. The third-order valence-corrected chi connectivity index (χ3v) is 6.61. The fourth-order valence-electron chi connectivity index (χ4n) is 3.76. The second-order valence-electron chi connectivity index (χ2n) is 6.98. The van der Waals surface area contributed by atoms with E-state index >= 15 is 0 Å². The molecular weight excluding hydrogens is 330 g/mol. The molecular formula is C16H27N3O2S2. The van der Waals surface area contributed by atoms with E-state index in [2.05, 4.69) is 15.0 Å². The van der Waals surface area contributed by atoms with Crippen LogP contribution in [0.5, 0.6) is 0 Å². The number of nitrogens with zero attached hydrogens (tertiary/aromatic N) is 2. The lowest BCUT2D eigenvalue weighted by molar-refractivity contribution is 0.193. The zero-order chi connectivity index (χ0) is 16.3. The lowest BCUT2D eigenvalue weighted by Crippen LogP contribution is -2.47. The first kappa shape index (κ1) is 17.3. The highest BCUT2D eigenvalue weighted by molar-refractivity contribution is 7.88. The summed E-state index contributed by atoms with van der Waals surface area (Å²) in [6.45, 7) is 2.65. The molecule has 1 aromatic heterocycles. The largest absolute Gasteiger partial charge is 0.296 e. The normalized spacial score (nSPS) is 24.8. The fourth-order valence-corrected chi connectivity index (χ4v) is 5.54. The van der Waals surface area contributed by atoms with Gasteiger partial charge in [-0.1, -0.05) is 19.3 Å². The van der Waals surface area contributed by atoms with Gasteiger partial charge in [0.1, 0.15) is 0 Å². The Balaban J connectivity index is 1.55. The minimum absolute atomic E-state index is 0.0372. The van der Waals surface area contributed by atoms with Crippen molar-refractivity contribution in [3.05, 3.63) is 16.1 Å². The van der Waals surface area contributed by atoms with Crippen molar-refractivity contribution in [1.82, 2.24) is 14.6 Å². The summed E-state index contributed by atoms with van der Waals surface area (Å²) < 4.78 is 25.5. The van der Waals surface area contributed by atoms with Gasteiger partial charge < -0.3 is 0 Å². The van der Waals surface area contributed by atoms with E-state index in [0.717, 1.165) is 38.2 Å². The Morgan fingerprint density at radius 1 is 1.26 bits per heavy atom. The van der Waals surface area contributed by atoms with Crippen molar-refractivity contribution >= 4 is 21.4 Å². The highest BCUT2D eigenvalue weighted by Gasteiger charge is 2.24.